The minimum Gasteiger partial charge on any atom is -0.379 e. The van der Waals surface area contributed by atoms with Crippen molar-refractivity contribution in [2.75, 3.05) is 51.3 Å². The molecule has 1 heterocycles. The van der Waals surface area contributed by atoms with E-state index in [1.165, 1.54) is 6.92 Å². The molecular weight excluding hydrogens is 342 g/mol. The third-order valence-corrected chi connectivity index (χ3v) is 4.56. The lowest BCUT2D eigenvalue weighted by Gasteiger charge is -2.29. The molecule has 6 nitrogen and oxygen atoms in total. The van der Waals surface area contributed by atoms with Crippen LogP contribution in [0.4, 0.5) is 5.69 Å². The Kier molecular flexibility index (Phi) is 7.23. The van der Waals surface area contributed by atoms with E-state index in [4.69, 9.17) is 16.3 Å². The minimum atomic E-state index is -0.244. The van der Waals surface area contributed by atoms with Gasteiger partial charge in [-0.05, 0) is 31.0 Å². The van der Waals surface area contributed by atoms with Gasteiger partial charge in [-0.3, -0.25) is 14.5 Å². The minimum absolute atomic E-state index is 0.0172. The maximum atomic E-state index is 12.4. The molecule has 0 aliphatic carbocycles. The first-order valence-corrected chi connectivity index (χ1v) is 8.87. The molecule has 0 saturated carbocycles. The molecule has 0 spiro atoms. The number of hydrogen-bond acceptors (Lipinski definition) is 4. The number of nitrogens with zero attached hydrogens (tertiary/aromatic N) is 2. The monoisotopic (exact) mass is 367 g/mol. The van der Waals surface area contributed by atoms with Crippen molar-refractivity contribution in [2.45, 2.75) is 20.8 Å². The van der Waals surface area contributed by atoms with Gasteiger partial charge in [-0.2, -0.15) is 0 Å². The zero-order chi connectivity index (χ0) is 18.4. The molecule has 0 aromatic heterocycles. The molecule has 0 radical (unpaired) electrons. The number of carbonyl (C=O) groups is 2. The Morgan fingerprint density at radius 3 is 2.56 bits per heavy atom. The van der Waals surface area contributed by atoms with E-state index in [0.717, 1.165) is 30.8 Å². The van der Waals surface area contributed by atoms with Crippen molar-refractivity contribution < 1.29 is 14.3 Å². The Labute approximate surface area is 154 Å². The molecule has 0 bridgehead atoms. The number of amides is 2. The lowest BCUT2D eigenvalue weighted by Crippen LogP contribution is -2.44. The number of rotatable bonds is 6. The Hall–Kier alpha value is -1.63. The molecule has 1 aliphatic heterocycles. The van der Waals surface area contributed by atoms with E-state index in [2.05, 4.69) is 10.2 Å². The van der Waals surface area contributed by atoms with Crippen molar-refractivity contribution in [3.63, 3.8) is 0 Å². The highest BCUT2D eigenvalue weighted by Crippen LogP contribution is 2.27. The van der Waals surface area contributed by atoms with Crippen molar-refractivity contribution in [1.82, 2.24) is 9.80 Å². The van der Waals surface area contributed by atoms with Crippen LogP contribution in [0.1, 0.15) is 18.1 Å². The van der Waals surface area contributed by atoms with E-state index in [1.54, 1.807) is 4.90 Å². The number of morpholine rings is 1. The van der Waals surface area contributed by atoms with E-state index >= 15 is 0 Å². The predicted octanol–water partition coefficient (Wildman–Crippen LogP) is 2.08. The van der Waals surface area contributed by atoms with E-state index in [0.29, 0.717) is 30.5 Å². The number of carbonyl (C=O) groups excluding carboxylic acids is 2. The molecule has 1 fully saturated rings. The molecule has 7 heteroatoms. The molecule has 2 amide bonds. The van der Waals surface area contributed by atoms with Gasteiger partial charge in [0.15, 0.2) is 0 Å². The number of halogens is 1. The summed E-state index contributed by atoms with van der Waals surface area (Å²) < 4.78 is 5.32. The SMILES string of the molecule is CC(=O)N(CCN1CCOCC1)CC(=O)Nc1c(C)cc(C)cc1Cl. The summed E-state index contributed by atoms with van der Waals surface area (Å²) in [4.78, 5) is 28.0. The van der Waals surface area contributed by atoms with Crippen molar-refractivity contribution in [3.05, 3.63) is 28.3 Å². The molecule has 1 N–H and O–H groups in total. The Bertz CT molecular complexity index is 607. The molecular formula is C18H26ClN3O3. The largest absolute Gasteiger partial charge is 0.379 e. The van der Waals surface area contributed by atoms with Crippen LogP contribution in [0, 0.1) is 13.8 Å². The highest BCUT2D eigenvalue weighted by Gasteiger charge is 2.18. The van der Waals surface area contributed by atoms with Gasteiger partial charge < -0.3 is 15.0 Å². The lowest BCUT2D eigenvalue weighted by molar-refractivity contribution is -0.133. The summed E-state index contributed by atoms with van der Waals surface area (Å²) in [5.74, 6) is -0.360. The molecule has 1 aliphatic rings. The number of nitrogens with one attached hydrogen (secondary N) is 1. The fourth-order valence-corrected chi connectivity index (χ4v) is 3.23. The highest BCUT2D eigenvalue weighted by atomic mass is 35.5. The van der Waals surface area contributed by atoms with Crippen LogP contribution in [-0.4, -0.2) is 67.6 Å². The molecule has 0 atom stereocenters. The summed E-state index contributed by atoms with van der Waals surface area (Å²) >= 11 is 6.23. The third kappa shape index (κ3) is 5.99. The lowest BCUT2D eigenvalue weighted by atomic mass is 10.1. The number of benzene rings is 1. The van der Waals surface area contributed by atoms with Crippen molar-refractivity contribution >= 4 is 29.1 Å². The average molecular weight is 368 g/mol. The van der Waals surface area contributed by atoms with E-state index in [-0.39, 0.29) is 18.4 Å². The fraction of sp³-hybridized carbons (Fsp3) is 0.556. The van der Waals surface area contributed by atoms with Crippen LogP contribution in [0.15, 0.2) is 12.1 Å². The van der Waals surface area contributed by atoms with Crippen LogP contribution >= 0.6 is 11.6 Å². The normalized spacial score (nSPS) is 15.0. The highest BCUT2D eigenvalue weighted by molar-refractivity contribution is 6.34. The molecule has 25 heavy (non-hydrogen) atoms. The van der Waals surface area contributed by atoms with Crippen LogP contribution in [-0.2, 0) is 14.3 Å². The number of aryl methyl sites for hydroxylation is 2. The maximum Gasteiger partial charge on any atom is 0.244 e. The first kappa shape index (κ1) is 19.7. The smallest absolute Gasteiger partial charge is 0.244 e. The van der Waals surface area contributed by atoms with Crippen molar-refractivity contribution in [3.8, 4) is 0 Å². The zero-order valence-corrected chi connectivity index (χ0v) is 15.9. The van der Waals surface area contributed by atoms with Gasteiger partial charge in [0.25, 0.3) is 0 Å². The van der Waals surface area contributed by atoms with Gasteiger partial charge in [0.1, 0.15) is 0 Å². The Balaban J connectivity index is 1.92. The second-order valence-corrected chi connectivity index (χ2v) is 6.79. The molecule has 138 valence electrons. The van der Waals surface area contributed by atoms with Crippen LogP contribution in [0.25, 0.3) is 0 Å². The van der Waals surface area contributed by atoms with Crippen molar-refractivity contribution in [1.29, 1.82) is 0 Å². The first-order chi connectivity index (χ1) is 11.9. The average Bonchev–Trinajstić information content (AvgIpc) is 2.55. The summed E-state index contributed by atoms with van der Waals surface area (Å²) in [5, 5.41) is 3.34. The molecule has 0 unspecified atom stereocenters. The van der Waals surface area contributed by atoms with E-state index < -0.39 is 0 Å². The molecule has 1 aromatic rings. The van der Waals surface area contributed by atoms with Gasteiger partial charge in [-0.25, -0.2) is 0 Å². The number of anilines is 1. The summed E-state index contributed by atoms with van der Waals surface area (Å²) in [6, 6.07) is 3.77. The van der Waals surface area contributed by atoms with Crippen LogP contribution in [0.2, 0.25) is 5.02 Å². The molecule has 1 aromatic carbocycles. The maximum absolute atomic E-state index is 12.4. The Morgan fingerprint density at radius 2 is 1.96 bits per heavy atom. The van der Waals surface area contributed by atoms with Crippen LogP contribution < -0.4 is 5.32 Å². The Morgan fingerprint density at radius 1 is 1.28 bits per heavy atom. The zero-order valence-electron chi connectivity index (χ0n) is 15.1. The van der Waals surface area contributed by atoms with Gasteiger partial charge >= 0.3 is 0 Å². The summed E-state index contributed by atoms with van der Waals surface area (Å²) in [6.45, 7) is 9.75. The van der Waals surface area contributed by atoms with Gasteiger partial charge in [-0.1, -0.05) is 17.7 Å². The van der Waals surface area contributed by atoms with E-state index in [9.17, 15) is 9.59 Å². The molecule has 2 rings (SSSR count). The summed E-state index contributed by atoms with van der Waals surface area (Å²) in [6.07, 6.45) is 0. The molecule has 1 saturated heterocycles. The second-order valence-electron chi connectivity index (χ2n) is 6.38. The summed E-state index contributed by atoms with van der Waals surface area (Å²) in [7, 11) is 0. The fourth-order valence-electron chi connectivity index (χ4n) is 2.86. The van der Waals surface area contributed by atoms with Crippen LogP contribution in [0.5, 0.6) is 0 Å². The van der Waals surface area contributed by atoms with Gasteiger partial charge in [0, 0.05) is 33.1 Å². The predicted molar refractivity (Wildman–Crippen MR) is 99.1 cm³/mol. The van der Waals surface area contributed by atoms with E-state index in [1.807, 2.05) is 26.0 Å². The van der Waals surface area contributed by atoms with Crippen LogP contribution in [0.3, 0.4) is 0 Å². The van der Waals surface area contributed by atoms with Gasteiger partial charge in [0.2, 0.25) is 11.8 Å². The van der Waals surface area contributed by atoms with Gasteiger partial charge in [0.05, 0.1) is 30.5 Å². The third-order valence-electron chi connectivity index (χ3n) is 4.27. The van der Waals surface area contributed by atoms with Crippen molar-refractivity contribution in [2.24, 2.45) is 0 Å². The topological polar surface area (TPSA) is 61.9 Å². The second kappa shape index (κ2) is 9.17. The first-order valence-electron chi connectivity index (χ1n) is 8.49. The summed E-state index contributed by atoms with van der Waals surface area (Å²) in [5.41, 5.74) is 2.55. The number of ether oxygens (including phenoxy) is 1. The quantitative estimate of drug-likeness (QED) is 0.836. The van der Waals surface area contributed by atoms with Gasteiger partial charge in [-0.15, -0.1) is 0 Å². The number of hydrogen-bond donors (Lipinski definition) is 1. The standard InChI is InChI=1S/C18H26ClN3O3/c1-13-10-14(2)18(16(19)11-13)20-17(24)12-22(15(3)23)5-4-21-6-8-25-9-7-21/h10-11H,4-9,12H2,1-3H3,(H,20,24).